The van der Waals surface area contributed by atoms with Crippen molar-refractivity contribution in [3.8, 4) is 6.07 Å². The van der Waals surface area contributed by atoms with Gasteiger partial charge in [0.05, 0.1) is 23.4 Å². The standard InChI is InChI=1S/C20H22N2OS/c1-14-8-9-17(10-15(14)2)16(3)22-20(23)13-24-12-19-7-5-4-6-18(19)11-21/h4-10,16H,12-13H2,1-3H3,(H,22,23)/t16-/m0/s1. The lowest BCUT2D eigenvalue weighted by Crippen LogP contribution is -2.28. The third-order valence-corrected chi connectivity index (χ3v) is 5.02. The molecule has 0 spiro atoms. The predicted octanol–water partition coefficient (Wildman–Crippen LogP) is 4.29. The zero-order valence-electron chi connectivity index (χ0n) is 14.3. The van der Waals surface area contributed by atoms with Crippen molar-refractivity contribution in [2.45, 2.75) is 32.6 Å². The fraction of sp³-hybridized carbons (Fsp3) is 0.300. The Bertz CT molecular complexity index is 764. The van der Waals surface area contributed by atoms with Crippen molar-refractivity contribution in [2.24, 2.45) is 0 Å². The zero-order chi connectivity index (χ0) is 17.5. The fourth-order valence-electron chi connectivity index (χ4n) is 2.41. The summed E-state index contributed by atoms with van der Waals surface area (Å²) in [6, 6.07) is 15.9. The second-order valence-electron chi connectivity index (χ2n) is 5.89. The third-order valence-electron chi connectivity index (χ3n) is 4.04. The highest BCUT2D eigenvalue weighted by Crippen LogP contribution is 2.18. The zero-order valence-corrected chi connectivity index (χ0v) is 15.1. The van der Waals surface area contributed by atoms with Gasteiger partial charge in [-0.25, -0.2) is 0 Å². The van der Waals surface area contributed by atoms with Crippen molar-refractivity contribution in [1.82, 2.24) is 5.32 Å². The van der Waals surface area contributed by atoms with Crippen molar-refractivity contribution < 1.29 is 4.79 Å². The Hall–Kier alpha value is -2.25. The summed E-state index contributed by atoms with van der Waals surface area (Å²) in [5.41, 5.74) is 5.25. The van der Waals surface area contributed by atoms with Gasteiger partial charge in [0.1, 0.15) is 0 Å². The van der Waals surface area contributed by atoms with Gasteiger partial charge in [-0.05, 0) is 49.1 Å². The van der Waals surface area contributed by atoms with Gasteiger partial charge in [-0.1, -0.05) is 36.4 Å². The molecule has 0 aliphatic carbocycles. The van der Waals surface area contributed by atoms with E-state index in [1.165, 1.54) is 22.9 Å². The van der Waals surface area contributed by atoms with E-state index in [1.54, 1.807) is 6.07 Å². The molecular weight excluding hydrogens is 316 g/mol. The normalized spacial score (nSPS) is 11.6. The fourth-order valence-corrected chi connectivity index (χ4v) is 3.25. The topological polar surface area (TPSA) is 52.9 Å². The number of aryl methyl sites for hydroxylation is 2. The quantitative estimate of drug-likeness (QED) is 0.855. The lowest BCUT2D eigenvalue weighted by molar-refractivity contribution is -0.119. The number of hydrogen-bond donors (Lipinski definition) is 1. The van der Waals surface area contributed by atoms with Crippen molar-refractivity contribution in [3.63, 3.8) is 0 Å². The van der Waals surface area contributed by atoms with Crippen molar-refractivity contribution in [1.29, 1.82) is 5.26 Å². The highest BCUT2D eigenvalue weighted by molar-refractivity contribution is 7.99. The van der Waals surface area contributed by atoms with Crippen molar-refractivity contribution >= 4 is 17.7 Å². The lowest BCUT2D eigenvalue weighted by atomic mass is 10.0. The largest absolute Gasteiger partial charge is 0.349 e. The molecular formula is C20H22N2OS. The Morgan fingerprint density at radius 1 is 1.21 bits per heavy atom. The van der Waals surface area contributed by atoms with Crippen LogP contribution in [0.1, 0.15) is 40.8 Å². The monoisotopic (exact) mass is 338 g/mol. The summed E-state index contributed by atoms with van der Waals surface area (Å²) < 4.78 is 0. The average Bonchev–Trinajstić information content (AvgIpc) is 2.57. The van der Waals surface area contributed by atoms with Crippen LogP contribution in [0.3, 0.4) is 0 Å². The van der Waals surface area contributed by atoms with E-state index in [0.717, 1.165) is 11.1 Å². The van der Waals surface area contributed by atoms with Crippen LogP contribution < -0.4 is 5.32 Å². The first kappa shape index (κ1) is 18.1. The molecule has 0 heterocycles. The summed E-state index contributed by atoms with van der Waals surface area (Å²) in [6.45, 7) is 6.16. The number of nitrogens with zero attached hydrogens (tertiary/aromatic N) is 1. The molecule has 0 aromatic heterocycles. The average molecular weight is 338 g/mol. The SMILES string of the molecule is Cc1ccc([C@H](C)NC(=O)CSCc2ccccc2C#N)cc1C. The molecule has 1 N–H and O–H groups in total. The molecule has 0 fully saturated rings. The minimum atomic E-state index is -0.0104. The summed E-state index contributed by atoms with van der Waals surface area (Å²) in [6.07, 6.45) is 0. The van der Waals surface area contributed by atoms with Crippen LogP contribution in [0.25, 0.3) is 0 Å². The summed E-state index contributed by atoms with van der Waals surface area (Å²) >= 11 is 1.52. The summed E-state index contributed by atoms with van der Waals surface area (Å²) in [7, 11) is 0. The molecule has 0 saturated heterocycles. The number of amides is 1. The van der Waals surface area contributed by atoms with Crippen LogP contribution in [-0.4, -0.2) is 11.7 Å². The molecule has 2 aromatic rings. The molecule has 0 unspecified atom stereocenters. The molecule has 24 heavy (non-hydrogen) atoms. The molecule has 3 nitrogen and oxygen atoms in total. The number of nitriles is 1. The minimum absolute atomic E-state index is 0.0104. The second-order valence-corrected chi connectivity index (χ2v) is 6.88. The third kappa shape index (κ3) is 4.87. The predicted molar refractivity (Wildman–Crippen MR) is 99.8 cm³/mol. The number of rotatable bonds is 6. The Kier molecular flexibility index (Phi) is 6.45. The number of hydrogen-bond acceptors (Lipinski definition) is 3. The number of nitrogens with one attached hydrogen (secondary N) is 1. The van der Waals surface area contributed by atoms with Gasteiger partial charge >= 0.3 is 0 Å². The van der Waals surface area contributed by atoms with Gasteiger partial charge < -0.3 is 5.32 Å². The molecule has 2 aromatic carbocycles. The Morgan fingerprint density at radius 2 is 1.96 bits per heavy atom. The van der Waals surface area contributed by atoms with Crippen LogP contribution >= 0.6 is 11.8 Å². The molecule has 0 radical (unpaired) electrons. The maximum atomic E-state index is 12.1. The first-order valence-corrected chi connectivity index (χ1v) is 9.09. The van der Waals surface area contributed by atoms with E-state index in [1.807, 2.05) is 25.1 Å². The van der Waals surface area contributed by atoms with E-state index < -0.39 is 0 Å². The Labute approximate surface area is 148 Å². The van der Waals surface area contributed by atoms with E-state index >= 15 is 0 Å². The van der Waals surface area contributed by atoms with Gasteiger partial charge in [0.25, 0.3) is 0 Å². The number of thioether (sulfide) groups is 1. The smallest absolute Gasteiger partial charge is 0.230 e. The van der Waals surface area contributed by atoms with Crippen LogP contribution in [0.4, 0.5) is 0 Å². The van der Waals surface area contributed by atoms with E-state index in [9.17, 15) is 4.79 Å². The van der Waals surface area contributed by atoms with E-state index in [2.05, 4.69) is 43.4 Å². The molecule has 0 bridgehead atoms. The van der Waals surface area contributed by atoms with Crippen molar-refractivity contribution in [2.75, 3.05) is 5.75 Å². The Morgan fingerprint density at radius 3 is 2.67 bits per heavy atom. The van der Waals surface area contributed by atoms with Gasteiger partial charge in [0, 0.05) is 5.75 Å². The highest BCUT2D eigenvalue weighted by Gasteiger charge is 2.11. The summed E-state index contributed by atoms with van der Waals surface area (Å²) in [4.78, 5) is 12.1. The lowest BCUT2D eigenvalue weighted by Gasteiger charge is -2.15. The van der Waals surface area contributed by atoms with Crippen LogP contribution in [-0.2, 0) is 10.5 Å². The van der Waals surface area contributed by atoms with Gasteiger partial charge in [-0.15, -0.1) is 11.8 Å². The number of carbonyl (C=O) groups excluding carboxylic acids is 1. The minimum Gasteiger partial charge on any atom is -0.349 e. The molecule has 124 valence electrons. The van der Waals surface area contributed by atoms with Crippen molar-refractivity contribution in [3.05, 3.63) is 70.3 Å². The summed E-state index contributed by atoms with van der Waals surface area (Å²) in [5.74, 6) is 1.06. The maximum absolute atomic E-state index is 12.1. The first-order valence-electron chi connectivity index (χ1n) is 7.93. The van der Waals surface area contributed by atoms with Gasteiger partial charge in [-0.2, -0.15) is 5.26 Å². The molecule has 0 saturated carbocycles. The molecule has 2 rings (SSSR count). The molecule has 1 amide bonds. The van der Waals surface area contributed by atoms with E-state index in [0.29, 0.717) is 17.1 Å². The molecule has 0 aliphatic heterocycles. The summed E-state index contributed by atoms with van der Waals surface area (Å²) in [5, 5.41) is 12.1. The van der Waals surface area contributed by atoms with Gasteiger partial charge in [0.15, 0.2) is 0 Å². The van der Waals surface area contributed by atoms with E-state index in [-0.39, 0.29) is 11.9 Å². The molecule has 1 atom stereocenters. The van der Waals surface area contributed by atoms with Crippen LogP contribution in [0, 0.1) is 25.2 Å². The molecule has 4 heteroatoms. The highest BCUT2D eigenvalue weighted by atomic mass is 32.2. The van der Waals surface area contributed by atoms with E-state index in [4.69, 9.17) is 5.26 Å². The van der Waals surface area contributed by atoms with Crippen LogP contribution in [0.2, 0.25) is 0 Å². The van der Waals surface area contributed by atoms with Crippen LogP contribution in [0.5, 0.6) is 0 Å². The maximum Gasteiger partial charge on any atom is 0.230 e. The second kappa shape index (κ2) is 8.56. The Balaban J connectivity index is 1.85. The number of carbonyl (C=O) groups is 1. The van der Waals surface area contributed by atoms with Gasteiger partial charge in [0.2, 0.25) is 5.91 Å². The molecule has 0 aliphatic rings. The first-order chi connectivity index (χ1) is 11.5. The van der Waals surface area contributed by atoms with Crippen LogP contribution in [0.15, 0.2) is 42.5 Å². The number of benzene rings is 2. The van der Waals surface area contributed by atoms with Gasteiger partial charge in [-0.3, -0.25) is 4.79 Å².